The minimum atomic E-state index is 0.832. The molecule has 17 heavy (non-hydrogen) atoms. The topological polar surface area (TPSA) is 41.6 Å². The van der Waals surface area contributed by atoms with Crippen molar-refractivity contribution in [2.24, 2.45) is 0 Å². The molecule has 5 heteroatoms. The predicted molar refractivity (Wildman–Crippen MR) is 72.2 cm³/mol. The Morgan fingerprint density at radius 2 is 1.88 bits per heavy atom. The van der Waals surface area contributed by atoms with Gasteiger partial charge in [0.1, 0.15) is 9.63 Å². The van der Waals surface area contributed by atoms with Gasteiger partial charge in [-0.15, -0.1) is 0 Å². The maximum atomic E-state index is 4.49. The van der Waals surface area contributed by atoms with Crippen LogP contribution in [0.5, 0.6) is 0 Å². The number of nitrogens with zero attached hydrogens (tertiary/aromatic N) is 2. The van der Waals surface area contributed by atoms with E-state index in [9.17, 15) is 0 Å². The first-order valence-electron chi connectivity index (χ1n) is 5.06. The van der Waals surface area contributed by atoms with E-state index in [1.54, 1.807) is 0 Å². The van der Waals surface area contributed by atoms with E-state index in [0.717, 1.165) is 25.8 Å². The molecule has 0 saturated carbocycles. The zero-order valence-electron chi connectivity index (χ0n) is 8.72. The Morgan fingerprint density at radius 1 is 1.00 bits per heavy atom. The molecule has 3 rings (SSSR count). The van der Waals surface area contributed by atoms with Crippen molar-refractivity contribution in [3.05, 3.63) is 47.1 Å². The van der Waals surface area contributed by atoms with E-state index in [4.69, 9.17) is 0 Å². The highest BCUT2D eigenvalue weighted by atomic mass is 79.9. The Labute approximate surface area is 111 Å². The zero-order chi connectivity index (χ0) is 11.7. The highest BCUT2D eigenvalue weighted by Gasteiger charge is 2.04. The minimum absolute atomic E-state index is 0.832. The second kappa shape index (κ2) is 4.50. The van der Waals surface area contributed by atoms with E-state index in [1.807, 2.05) is 42.5 Å². The van der Waals surface area contributed by atoms with E-state index in [-0.39, 0.29) is 0 Å². The first-order valence-corrected chi connectivity index (χ1v) is 6.67. The van der Waals surface area contributed by atoms with Crippen LogP contribution in [0.4, 0.5) is 0 Å². The van der Waals surface area contributed by atoms with Crippen LogP contribution in [-0.4, -0.2) is 15.0 Å². The van der Waals surface area contributed by atoms with Crippen LogP contribution in [0.2, 0.25) is 0 Å². The van der Waals surface area contributed by atoms with Gasteiger partial charge in [0.25, 0.3) is 0 Å². The van der Waals surface area contributed by atoms with Crippen LogP contribution < -0.4 is 0 Å². The molecule has 0 aliphatic rings. The van der Waals surface area contributed by atoms with Crippen molar-refractivity contribution >= 4 is 38.7 Å². The molecular weight excluding hydrogens is 298 g/mol. The van der Waals surface area contributed by atoms with Crippen molar-refractivity contribution in [2.75, 3.05) is 0 Å². The highest BCUT2D eigenvalue weighted by molar-refractivity contribution is 9.10. The first kappa shape index (κ1) is 10.8. The fraction of sp³-hybridized carbons (Fsp3) is 0. The van der Waals surface area contributed by atoms with Crippen molar-refractivity contribution in [1.82, 2.24) is 15.0 Å². The van der Waals surface area contributed by atoms with Crippen LogP contribution in [0.3, 0.4) is 0 Å². The lowest BCUT2D eigenvalue weighted by Crippen LogP contribution is -1.81. The van der Waals surface area contributed by atoms with Crippen molar-refractivity contribution in [3.8, 4) is 0 Å². The Hall–Kier alpha value is -1.33. The monoisotopic (exact) mass is 305 g/mol. The Balaban J connectivity index is 1.94. The van der Waals surface area contributed by atoms with Gasteiger partial charge in [-0.2, -0.15) is 0 Å². The van der Waals surface area contributed by atoms with E-state index in [2.05, 4.69) is 30.9 Å². The summed E-state index contributed by atoms with van der Waals surface area (Å²) in [6.45, 7) is 0. The number of imidazole rings is 1. The zero-order valence-corrected chi connectivity index (χ0v) is 11.1. The summed E-state index contributed by atoms with van der Waals surface area (Å²) in [6.07, 6.45) is 0. The van der Waals surface area contributed by atoms with E-state index in [0.29, 0.717) is 0 Å². The first-order chi connectivity index (χ1) is 8.31. The number of nitrogens with one attached hydrogen (secondary N) is 1. The number of benzene rings is 1. The molecule has 2 aromatic heterocycles. The number of fused-ring (bicyclic) bond motifs is 1. The molecule has 1 N–H and O–H groups in total. The minimum Gasteiger partial charge on any atom is -0.333 e. The number of rotatable bonds is 2. The lowest BCUT2D eigenvalue weighted by molar-refractivity contribution is 1.05. The van der Waals surface area contributed by atoms with Gasteiger partial charge in [-0.05, 0) is 52.0 Å². The molecule has 0 unspecified atom stereocenters. The average Bonchev–Trinajstić information content (AvgIpc) is 2.71. The van der Waals surface area contributed by atoms with Gasteiger partial charge < -0.3 is 4.98 Å². The normalized spacial score (nSPS) is 10.9. The molecule has 1 aromatic carbocycles. The highest BCUT2D eigenvalue weighted by Crippen LogP contribution is 2.26. The summed E-state index contributed by atoms with van der Waals surface area (Å²) in [4.78, 5) is 12.1. The molecule has 84 valence electrons. The van der Waals surface area contributed by atoms with Crippen LogP contribution >= 0.6 is 27.7 Å². The molecule has 0 bridgehead atoms. The maximum Gasteiger partial charge on any atom is 0.172 e. The molecule has 3 aromatic rings. The van der Waals surface area contributed by atoms with E-state index >= 15 is 0 Å². The fourth-order valence-electron chi connectivity index (χ4n) is 1.52. The Bertz CT molecular complexity index is 632. The van der Waals surface area contributed by atoms with Gasteiger partial charge in [-0.25, -0.2) is 9.97 Å². The van der Waals surface area contributed by atoms with Crippen LogP contribution in [0.25, 0.3) is 11.0 Å². The number of para-hydroxylation sites is 2. The van der Waals surface area contributed by atoms with Crippen molar-refractivity contribution in [3.63, 3.8) is 0 Å². The van der Waals surface area contributed by atoms with Crippen LogP contribution in [0.1, 0.15) is 0 Å². The molecule has 0 radical (unpaired) electrons. The summed E-state index contributed by atoms with van der Waals surface area (Å²) in [6, 6.07) is 13.8. The molecule has 0 saturated heterocycles. The van der Waals surface area contributed by atoms with Gasteiger partial charge in [-0.1, -0.05) is 18.2 Å². The molecule has 3 nitrogen and oxygen atoms in total. The summed E-state index contributed by atoms with van der Waals surface area (Å²) < 4.78 is 0.832. The van der Waals surface area contributed by atoms with Crippen LogP contribution in [-0.2, 0) is 0 Å². The third-order valence-corrected chi connectivity index (χ3v) is 3.52. The van der Waals surface area contributed by atoms with E-state index < -0.39 is 0 Å². The fourth-order valence-corrected chi connectivity index (χ4v) is 2.78. The van der Waals surface area contributed by atoms with Gasteiger partial charge in [0, 0.05) is 0 Å². The Morgan fingerprint density at radius 3 is 2.71 bits per heavy atom. The molecule has 0 atom stereocenters. The number of hydrogen-bond donors (Lipinski definition) is 1. The van der Waals surface area contributed by atoms with Crippen molar-refractivity contribution in [1.29, 1.82) is 0 Å². The molecule has 0 fully saturated rings. The van der Waals surface area contributed by atoms with E-state index in [1.165, 1.54) is 11.8 Å². The van der Waals surface area contributed by atoms with Gasteiger partial charge >= 0.3 is 0 Å². The lowest BCUT2D eigenvalue weighted by atomic mass is 10.3. The average molecular weight is 306 g/mol. The van der Waals surface area contributed by atoms with Crippen LogP contribution in [0, 0.1) is 0 Å². The third kappa shape index (κ3) is 2.35. The van der Waals surface area contributed by atoms with Crippen molar-refractivity contribution in [2.45, 2.75) is 10.2 Å². The van der Waals surface area contributed by atoms with Gasteiger partial charge in [-0.3, -0.25) is 0 Å². The summed E-state index contributed by atoms with van der Waals surface area (Å²) in [5.41, 5.74) is 2.02. The summed E-state index contributed by atoms with van der Waals surface area (Å²) in [5, 5.41) is 1.77. The number of H-pyrrole nitrogens is 1. The molecule has 0 aliphatic heterocycles. The molecule has 0 aliphatic carbocycles. The third-order valence-electron chi connectivity index (χ3n) is 2.26. The number of halogens is 1. The number of aromatic nitrogens is 3. The van der Waals surface area contributed by atoms with Gasteiger partial charge in [0.15, 0.2) is 5.16 Å². The van der Waals surface area contributed by atoms with Crippen molar-refractivity contribution < 1.29 is 0 Å². The SMILES string of the molecule is Brc1cccc(Sc2nc3ccccc3[nH]2)n1. The summed E-state index contributed by atoms with van der Waals surface area (Å²) >= 11 is 4.87. The second-order valence-corrected chi connectivity index (χ2v) is 5.28. The number of pyridine rings is 1. The standard InChI is InChI=1S/C12H8BrN3S/c13-10-6-3-7-11(16-10)17-12-14-8-4-1-2-5-9(8)15-12/h1-7H,(H,14,15). The van der Waals surface area contributed by atoms with Crippen LogP contribution in [0.15, 0.2) is 57.3 Å². The molecular formula is C12H8BrN3S. The molecule has 0 spiro atoms. The quantitative estimate of drug-likeness (QED) is 0.731. The molecule has 2 heterocycles. The summed E-state index contributed by atoms with van der Waals surface area (Å²) in [7, 11) is 0. The lowest BCUT2D eigenvalue weighted by Gasteiger charge is -1.96. The number of hydrogen-bond acceptors (Lipinski definition) is 3. The molecule has 0 amide bonds. The summed E-state index contributed by atoms with van der Waals surface area (Å²) in [5.74, 6) is 0. The van der Waals surface area contributed by atoms with Gasteiger partial charge in [0.2, 0.25) is 0 Å². The largest absolute Gasteiger partial charge is 0.333 e. The van der Waals surface area contributed by atoms with Gasteiger partial charge in [0.05, 0.1) is 11.0 Å². The smallest absolute Gasteiger partial charge is 0.172 e. The second-order valence-electron chi connectivity index (χ2n) is 3.46. The number of aromatic amines is 1. The maximum absolute atomic E-state index is 4.49. The predicted octanol–water partition coefficient (Wildman–Crippen LogP) is 3.87. The Kier molecular flexibility index (Phi) is 2.86.